The van der Waals surface area contributed by atoms with Crippen LogP contribution in [0, 0.1) is 17.8 Å². The largest absolute Gasteiger partial charge is 0.394 e. The van der Waals surface area contributed by atoms with E-state index in [2.05, 4.69) is 26.8 Å². The Balaban J connectivity index is 1.69. The molecule has 4 rings (SSSR count). The summed E-state index contributed by atoms with van der Waals surface area (Å²) in [6, 6.07) is 0. The number of nitrogen functional groups attached to an aromatic ring is 1. The fraction of sp³-hybridized carbons (Fsp3) is 0.562. The van der Waals surface area contributed by atoms with Crippen molar-refractivity contribution in [3.05, 3.63) is 12.2 Å². The van der Waals surface area contributed by atoms with E-state index >= 15 is 0 Å². The van der Waals surface area contributed by atoms with E-state index in [1.165, 1.54) is 23.7 Å². The summed E-state index contributed by atoms with van der Waals surface area (Å²) in [6.45, 7) is -0.406. The Bertz CT molecular complexity index is 853. The first-order valence-corrected chi connectivity index (χ1v) is 8.20. The van der Waals surface area contributed by atoms with Crippen LogP contribution in [0.3, 0.4) is 0 Å². The molecule has 2 fully saturated rings. The summed E-state index contributed by atoms with van der Waals surface area (Å²) in [7, 11) is 0. The van der Waals surface area contributed by atoms with Crippen molar-refractivity contribution >= 4 is 17.0 Å². The van der Waals surface area contributed by atoms with Gasteiger partial charge in [-0.05, 0) is 24.7 Å². The maximum atomic E-state index is 10.2. The molecule has 3 heterocycles. The minimum Gasteiger partial charge on any atom is -0.394 e. The van der Waals surface area contributed by atoms with Gasteiger partial charge < -0.3 is 25.8 Å². The molecule has 0 bridgehead atoms. The second-order valence-corrected chi connectivity index (χ2v) is 6.43. The number of hydrogen-bond acceptors (Lipinski definition) is 8. The third-order valence-electron chi connectivity index (χ3n) is 4.53. The maximum absolute atomic E-state index is 10.2. The molecule has 132 valence electrons. The van der Waals surface area contributed by atoms with Gasteiger partial charge in [-0.25, -0.2) is 15.0 Å². The fourth-order valence-electron chi connectivity index (χ4n) is 2.89. The molecule has 2 aromatic rings. The number of fused-ring (bicyclic) bond motifs is 1. The zero-order valence-corrected chi connectivity index (χ0v) is 13.4. The van der Waals surface area contributed by atoms with E-state index in [-0.39, 0.29) is 11.6 Å². The number of aliphatic hydroxyl groups is 3. The van der Waals surface area contributed by atoms with Crippen LogP contribution in [0.2, 0.25) is 0 Å². The molecule has 1 saturated carbocycles. The Labute approximate surface area is 143 Å². The molecule has 2 aromatic heterocycles. The lowest BCUT2D eigenvalue weighted by atomic mass is 10.1. The summed E-state index contributed by atoms with van der Waals surface area (Å²) >= 11 is 0. The van der Waals surface area contributed by atoms with E-state index in [1.54, 1.807) is 0 Å². The summed E-state index contributed by atoms with van der Waals surface area (Å²) in [6.07, 6.45) is 0.420. The average molecular weight is 345 g/mol. The molecule has 0 spiro atoms. The topological polar surface area (TPSA) is 140 Å². The van der Waals surface area contributed by atoms with Crippen LogP contribution in [0.15, 0.2) is 6.33 Å². The summed E-state index contributed by atoms with van der Waals surface area (Å²) in [5.74, 6) is 7.11. The molecule has 1 saturated heterocycles. The summed E-state index contributed by atoms with van der Waals surface area (Å²) in [4.78, 5) is 12.7. The van der Waals surface area contributed by atoms with Gasteiger partial charge in [-0.2, -0.15) is 0 Å². The highest BCUT2D eigenvalue weighted by molar-refractivity contribution is 5.82. The van der Waals surface area contributed by atoms with Crippen LogP contribution in [0.1, 0.15) is 31.3 Å². The smallest absolute Gasteiger partial charge is 0.208 e. The van der Waals surface area contributed by atoms with Gasteiger partial charge in [0.05, 0.1) is 12.9 Å². The molecule has 4 atom stereocenters. The molecule has 0 aromatic carbocycles. The monoisotopic (exact) mass is 345 g/mol. The van der Waals surface area contributed by atoms with E-state index in [0.29, 0.717) is 17.1 Å². The predicted octanol–water partition coefficient (Wildman–Crippen LogP) is -0.828. The van der Waals surface area contributed by atoms with E-state index in [9.17, 15) is 15.3 Å². The highest BCUT2D eigenvalue weighted by atomic mass is 16.6. The molecule has 5 N–H and O–H groups in total. The van der Waals surface area contributed by atoms with Gasteiger partial charge in [-0.3, -0.25) is 4.57 Å². The van der Waals surface area contributed by atoms with Crippen molar-refractivity contribution in [3.63, 3.8) is 0 Å². The highest BCUT2D eigenvalue weighted by Crippen LogP contribution is 2.32. The van der Waals surface area contributed by atoms with Crippen LogP contribution in [0.25, 0.3) is 11.2 Å². The Hall–Kier alpha value is -2.25. The van der Waals surface area contributed by atoms with Crippen molar-refractivity contribution in [3.8, 4) is 11.8 Å². The van der Waals surface area contributed by atoms with Gasteiger partial charge in [0.2, 0.25) is 5.82 Å². The van der Waals surface area contributed by atoms with Gasteiger partial charge in [0, 0.05) is 6.42 Å². The summed E-state index contributed by atoms with van der Waals surface area (Å²) in [5.41, 5.74) is 6.67. The number of nitrogens with two attached hydrogens (primary N) is 1. The lowest BCUT2D eigenvalue weighted by Gasteiger charge is -2.16. The minimum absolute atomic E-state index is 0.186. The van der Waals surface area contributed by atoms with E-state index in [0.717, 1.165) is 6.42 Å². The number of nitrogens with zero attached hydrogens (tertiary/aromatic N) is 4. The van der Waals surface area contributed by atoms with E-state index < -0.39 is 31.1 Å². The molecular weight excluding hydrogens is 326 g/mol. The Kier molecular flexibility index (Phi) is 4.05. The normalized spacial score (nSPS) is 28.9. The van der Waals surface area contributed by atoms with Crippen LogP contribution in [-0.4, -0.2) is 59.8 Å². The number of aromatic nitrogens is 4. The minimum atomic E-state index is -1.23. The summed E-state index contributed by atoms with van der Waals surface area (Å²) in [5, 5.41) is 29.4. The first-order chi connectivity index (χ1) is 12.1. The van der Waals surface area contributed by atoms with Crippen LogP contribution < -0.4 is 5.73 Å². The third kappa shape index (κ3) is 2.94. The van der Waals surface area contributed by atoms with Crippen molar-refractivity contribution in [1.82, 2.24) is 19.5 Å². The van der Waals surface area contributed by atoms with Gasteiger partial charge in [0.1, 0.15) is 23.8 Å². The van der Waals surface area contributed by atoms with Crippen molar-refractivity contribution in [2.45, 2.75) is 43.8 Å². The standard InChI is InChI=1S/C16H19N5O4/c17-14-11-15(20-10(19-14)3-1-2-8-4-5-8)21(7-18-11)16-13(24)12(23)9(6-22)25-16/h7-9,12-13,16,22-24H,2,4-6H2,(H2,17,19,20)/t9-,12?,13?,16-/m1/s1. The van der Waals surface area contributed by atoms with E-state index in [4.69, 9.17) is 10.5 Å². The molecule has 9 nitrogen and oxygen atoms in total. The highest BCUT2D eigenvalue weighted by Gasteiger charge is 2.44. The van der Waals surface area contributed by atoms with Crippen molar-refractivity contribution < 1.29 is 20.1 Å². The molecule has 1 aliphatic heterocycles. The molecule has 9 heteroatoms. The number of anilines is 1. The lowest BCUT2D eigenvalue weighted by molar-refractivity contribution is -0.0511. The Morgan fingerprint density at radius 3 is 2.76 bits per heavy atom. The van der Waals surface area contributed by atoms with Crippen LogP contribution in [0.5, 0.6) is 0 Å². The third-order valence-corrected chi connectivity index (χ3v) is 4.53. The number of rotatable bonds is 3. The molecule has 1 aliphatic carbocycles. The van der Waals surface area contributed by atoms with Crippen LogP contribution in [0.4, 0.5) is 5.82 Å². The number of imidazole rings is 1. The first kappa shape index (κ1) is 16.2. The zero-order chi connectivity index (χ0) is 17.6. The summed E-state index contributed by atoms with van der Waals surface area (Å²) < 4.78 is 7.00. The second-order valence-electron chi connectivity index (χ2n) is 6.43. The second kappa shape index (κ2) is 6.24. The lowest BCUT2D eigenvalue weighted by Crippen LogP contribution is -2.33. The van der Waals surface area contributed by atoms with Crippen molar-refractivity contribution in [2.75, 3.05) is 12.3 Å². The molecule has 2 aliphatic rings. The van der Waals surface area contributed by atoms with Gasteiger partial charge in [-0.15, -0.1) is 0 Å². The number of aliphatic hydroxyl groups excluding tert-OH is 3. The van der Waals surface area contributed by atoms with Gasteiger partial charge >= 0.3 is 0 Å². The Morgan fingerprint density at radius 1 is 1.28 bits per heavy atom. The van der Waals surface area contributed by atoms with Crippen LogP contribution in [-0.2, 0) is 4.74 Å². The number of hydrogen-bond donors (Lipinski definition) is 4. The van der Waals surface area contributed by atoms with Crippen LogP contribution >= 0.6 is 0 Å². The van der Waals surface area contributed by atoms with Gasteiger partial charge in [-0.1, -0.05) is 5.92 Å². The average Bonchev–Trinajstić information content (AvgIpc) is 3.25. The molecule has 0 amide bonds. The molecule has 0 radical (unpaired) electrons. The molecule has 25 heavy (non-hydrogen) atoms. The maximum Gasteiger partial charge on any atom is 0.208 e. The van der Waals surface area contributed by atoms with Crippen molar-refractivity contribution in [2.24, 2.45) is 5.92 Å². The number of ether oxygens (including phenoxy) is 1. The first-order valence-electron chi connectivity index (χ1n) is 8.20. The SMILES string of the molecule is Nc1nc(C#CCC2CC2)nc2c1ncn2[C@@H]1O[C@H](CO)C(O)C1O. The quantitative estimate of drug-likeness (QED) is 0.529. The predicted molar refractivity (Wildman–Crippen MR) is 87.0 cm³/mol. The fourth-order valence-corrected chi connectivity index (χ4v) is 2.89. The van der Waals surface area contributed by atoms with E-state index in [1.807, 2.05) is 0 Å². The Morgan fingerprint density at radius 2 is 2.08 bits per heavy atom. The van der Waals surface area contributed by atoms with Gasteiger partial charge in [0.25, 0.3) is 0 Å². The molecule has 2 unspecified atom stereocenters. The van der Waals surface area contributed by atoms with Crippen molar-refractivity contribution in [1.29, 1.82) is 0 Å². The zero-order valence-electron chi connectivity index (χ0n) is 13.4. The van der Waals surface area contributed by atoms with Gasteiger partial charge in [0.15, 0.2) is 17.7 Å². The molecular formula is C16H19N5O4.